The second kappa shape index (κ2) is 6.32. The maximum atomic E-state index is 6.08. The highest BCUT2D eigenvalue weighted by Crippen LogP contribution is 2.53. The smallest absolute Gasteiger partial charge is 0.146 e. The van der Waals surface area contributed by atoms with Crippen molar-refractivity contribution in [2.24, 2.45) is 0 Å². The van der Waals surface area contributed by atoms with E-state index in [1.54, 1.807) is 22.7 Å². The summed E-state index contributed by atoms with van der Waals surface area (Å²) >= 11 is 11.1. The lowest BCUT2D eigenvalue weighted by Gasteiger charge is -1.95. The minimum absolute atomic E-state index is 0.888. The fourth-order valence-electron chi connectivity index (χ4n) is 3.39. The van der Waals surface area contributed by atoms with E-state index in [2.05, 4.69) is 56.1 Å². The van der Waals surface area contributed by atoms with Gasteiger partial charge in [0.1, 0.15) is 22.7 Å². The van der Waals surface area contributed by atoms with Gasteiger partial charge in [-0.3, -0.25) is 0 Å². The van der Waals surface area contributed by atoms with Crippen molar-refractivity contribution in [2.75, 3.05) is 0 Å². The Labute approximate surface area is 184 Å². The van der Waals surface area contributed by atoms with E-state index in [0.717, 1.165) is 52.2 Å². The molecule has 4 heterocycles. The van der Waals surface area contributed by atoms with E-state index < -0.39 is 0 Å². The molecule has 0 saturated heterocycles. The highest BCUT2D eigenvalue weighted by molar-refractivity contribution is 9.11. The van der Waals surface area contributed by atoms with Crippen LogP contribution in [0.2, 0.25) is 0 Å². The molecule has 6 heteroatoms. The van der Waals surface area contributed by atoms with Crippen molar-refractivity contribution in [3.63, 3.8) is 0 Å². The van der Waals surface area contributed by atoms with Gasteiger partial charge in [0.25, 0.3) is 0 Å². The summed E-state index contributed by atoms with van der Waals surface area (Å²) in [6.07, 6.45) is 0. The molecule has 2 aromatic carbocycles. The van der Waals surface area contributed by atoms with Gasteiger partial charge in [-0.2, -0.15) is 0 Å². The predicted octanol–water partition coefficient (Wildman–Crippen LogP) is 9.31. The average Bonchev–Trinajstić information content (AvgIpc) is 3.44. The van der Waals surface area contributed by atoms with Crippen LogP contribution in [-0.4, -0.2) is 0 Å². The average molecular weight is 530 g/mol. The molecule has 0 fully saturated rings. The van der Waals surface area contributed by atoms with E-state index in [9.17, 15) is 0 Å². The molecule has 2 nitrogen and oxygen atoms in total. The van der Waals surface area contributed by atoms with Gasteiger partial charge in [0.2, 0.25) is 0 Å². The first-order chi connectivity index (χ1) is 13.7. The van der Waals surface area contributed by atoms with Crippen molar-refractivity contribution in [3.8, 4) is 21.3 Å². The molecule has 6 aromatic rings. The second-order valence-corrected chi connectivity index (χ2v) is 10.1. The lowest BCUT2D eigenvalue weighted by molar-refractivity contribution is 0.633. The summed E-state index contributed by atoms with van der Waals surface area (Å²) < 4.78 is 16.7. The molecular weight excluding hydrogens is 520 g/mol. The van der Waals surface area contributed by atoms with Gasteiger partial charge in [-0.1, -0.05) is 36.4 Å². The van der Waals surface area contributed by atoms with Gasteiger partial charge >= 0.3 is 0 Å². The van der Waals surface area contributed by atoms with Crippen LogP contribution in [-0.2, 0) is 0 Å². The normalized spacial score (nSPS) is 11.9. The molecule has 0 unspecified atom stereocenters. The third kappa shape index (κ3) is 2.48. The maximum absolute atomic E-state index is 6.08. The Morgan fingerprint density at radius 1 is 0.607 bits per heavy atom. The molecule has 0 aliphatic carbocycles. The van der Waals surface area contributed by atoms with Crippen molar-refractivity contribution in [2.45, 2.75) is 0 Å². The van der Waals surface area contributed by atoms with E-state index in [4.69, 9.17) is 8.83 Å². The zero-order valence-electron chi connectivity index (χ0n) is 14.2. The summed E-state index contributed by atoms with van der Waals surface area (Å²) in [5, 5.41) is 2.23. The maximum Gasteiger partial charge on any atom is 0.146 e. The Morgan fingerprint density at radius 2 is 1.04 bits per heavy atom. The fraction of sp³-hybridized carbons (Fsp3) is 0. The number of rotatable bonds is 2. The Morgan fingerprint density at radius 3 is 1.46 bits per heavy atom. The van der Waals surface area contributed by atoms with Crippen LogP contribution in [0.5, 0.6) is 0 Å². The largest absolute Gasteiger partial charge is 0.455 e. The van der Waals surface area contributed by atoms with Crippen LogP contribution in [0.4, 0.5) is 0 Å². The Hall–Kier alpha value is -1.86. The Bertz CT molecular complexity index is 1320. The Kier molecular flexibility index (Phi) is 3.85. The van der Waals surface area contributed by atoms with Crippen LogP contribution in [0.15, 0.2) is 78.4 Å². The summed E-state index contributed by atoms with van der Waals surface area (Å²) in [7, 11) is 0. The number of benzene rings is 2. The summed E-state index contributed by atoms with van der Waals surface area (Å²) in [4.78, 5) is 2.21. The van der Waals surface area contributed by atoms with Crippen LogP contribution in [0.25, 0.3) is 52.6 Å². The van der Waals surface area contributed by atoms with Crippen LogP contribution in [0.1, 0.15) is 0 Å². The van der Waals surface area contributed by atoms with E-state index >= 15 is 0 Å². The summed E-state index contributed by atoms with van der Waals surface area (Å²) in [5.74, 6) is 1.78. The number of halogens is 2. The van der Waals surface area contributed by atoms with Crippen LogP contribution in [0, 0.1) is 0 Å². The monoisotopic (exact) mass is 528 g/mol. The highest BCUT2D eigenvalue weighted by Gasteiger charge is 2.23. The van der Waals surface area contributed by atoms with Crippen molar-refractivity contribution < 1.29 is 8.83 Å². The molecule has 136 valence electrons. The third-order valence-corrected chi connectivity index (χ3v) is 9.92. The van der Waals surface area contributed by atoms with Crippen LogP contribution >= 0.6 is 54.5 Å². The second-order valence-electron chi connectivity index (χ2n) is 6.45. The van der Waals surface area contributed by atoms with Gasteiger partial charge < -0.3 is 8.83 Å². The van der Waals surface area contributed by atoms with Crippen molar-refractivity contribution in [1.82, 2.24) is 0 Å². The molecular formula is C22H10Br2O2S2. The molecule has 0 amide bonds. The number of fused-ring (bicyclic) bond motifs is 3. The Balaban J connectivity index is 1.52. The number of hydrogen-bond acceptors (Lipinski definition) is 4. The zero-order chi connectivity index (χ0) is 18.8. The lowest BCUT2D eigenvalue weighted by Crippen LogP contribution is -1.67. The number of thiophene rings is 2. The van der Waals surface area contributed by atoms with E-state index in [0.29, 0.717) is 0 Å². The molecule has 0 atom stereocenters. The van der Waals surface area contributed by atoms with E-state index in [1.807, 2.05) is 36.4 Å². The van der Waals surface area contributed by atoms with Crippen molar-refractivity contribution in [1.29, 1.82) is 0 Å². The first kappa shape index (κ1) is 17.0. The highest BCUT2D eigenvalue weighted by atomic mass is 79.9. The van der Waals surface area contributed by atoms with E-state index in [1.165, 1.54) is 9.40 Å². The van der Waals surface area contributed by atoms with Crippen molar-refractivity contribution in [3.05, 3.63) is 69.6 Å². The molecule has 0 aliphatic rings. The zero-order valence-corrected chi connectivity index (χ0v) is 19.0. The molecule has 0 N–H and O–H groups in total. The first-order valence-corrected chi connectivity index (χ1v) is 11.8. The van der Waals surface area contributed by atoms with E-state index in [-0.39, 0.29) is 0 Å². The molecule has 0 bridgehead atoms. The molecule has 0 aliphatic heterocycles. The number of para-hydroxylation sites is 2. The standard InChI is InChI=1S/C22H10Br2O2S2/c23-17-19(15-9-11-5-1-3-7-13(11)25-15)27-22-18(24)20(28-21(17)22)16-10-12-6-2-4-8-14(12)26-16/h1-10H. The summed E-state index contributed by atoms with van der Waals surface area (Å²) in [5.41, 5.74) is 1.81. The topological polar surface area (TPSA) is 26.3 Å². The van der Waals surface area contributed by atoms with Crippen molar-refractivity contribution >= 4 is 85.9 Å². The summed E-state index contributed by atoms with van der Waals surface area (Å²) in [6.45, 7) is 0. The van der Waals surface area contributed by atoms with Gasteiger partial charge in [0.15, 0.2) is 0 Å². The van der Waals surface area contributed by atoms with Crippen LogP contribution < -0.4 is 0 Å². The van der Waals surface area contributed by atoms with Gasteiger partial charge in [-0.05, 0) is 56.1 Å². The number of hydrogen-bond donors (Lipinski definition) is 0. The predicted molar refractivity (Wildman–Crippen MR) is 126 cm³/mol. The minimum Gasteiger partial charge on any atom is -0.455 e. The third-order valence-electron chi connectivity index (χ3n) is 4.71. The van der Waals surface area contributed by atoms with Gasteiger partial charge in [0, 0.05) is 10.8 Å². The molecule has 0 saturated carbocycles. The first-order valence-electron chi connectivity index (χ1n) is 8.57. The quantitative estimate of drug-likeness (QED) is 0.223. The summed E-state index contributed by atoms with van der Waals surface area (Å²) in [6, 6.07) is 20.4. The van der Waals surface area contributed by atoms with Gasteiger partial charge in [-0.25, -0.2) is 0 Å². The van der Waals surface area contributed by atoms with Gasteiger partial charge in [0.05, 0.1) is 28.1 Å². The minimum atomic E-state index is 0.888. The molecule has 0 radical (unpaired) electrons. The lowest BCUT2D eigenvalue weighted by atomic mass is 10.2. The number of furan rings is 2. The fourth-order valence-corrected chi connectivity index (χ4v) is 7.75. The van der Waals surface area contributed by atoms with Gasteiger partial charge in [-0.15, -0.1) is 22.7 Å². The SMILES string of the molecule is Brc1c(-c2cc3ccccc3o2)sc2c(Br)c(-c3cc4ccccc4o3)sc12. The molecule has 4 aromatic heterocycles. The van der Waals surface area contributed by atoms with Crippen LogP contribution in [0.3, 0.4) is 0 Å². The molecule has 6 rings (SSSR count). The molecule has 0 spiro atoms. The molecule has 28 heavy (non-hydrogen) atoms.